The largest absolute Gasteiger partial charge is 0.352 e. The molecular weight excluding hydrogens is 312 g/mol. The molecule has 0 aliphatic carbocycles. The van der Waals surface area contributed by atoms with Gasteiger partial charge >= 0.3 is 0 Å². The third kappa shape index (κ3) is 2.44. The zero-order valence-corrected chi connectivity index (χ0v) is 12.8. The maximum Gasteiger partial charge on any atom is 0.284 e. The van der Waals surface area contributed by atoms with E-state index in [0.717, 1.165) is 10.4 Å². The summed E-state index contributed by atoms with van der Waals surface area (Å²) in [5, 5.41) is 6.02. The van der Waals surface area contributed by atoms with Crippen LogP contribution in [0.15, 0.2) is 36.5 Å². The molecule has 0 fully saturated rings. The van der Waals surface area contributed by atoms with Crippen LogP contribution in [0.3, 0.4) is 0 Å². The van der Waals surface area contributed by atoms with E-state index in [2.05, 4.69) is 20.6 Å². The van der Waals surface area contributed by atoms with Gasteiger partial charge in [0.15, 0.2) is 5.01 Å². The third-order valence-corrected chi connectivity index (χ3v) is 4.67. The number of aromatic nitrogens is 2. The number of pyridine rings is 1. The fourth-order valence-electron chi connectivity index (χ4n) is 2.63. The molecule has 0 unspecified atom stereocenters. The Morgan fingerprint density at radius 2 is 2.17 bits per heavy atom. The molecule has 0 saturated carbocycles. The summed E-state index contributed by atoms with van der Waals surface area (Å²) in [6.07, 6.45) is 2.37. The fraction of sp³-hybridized carbons (Fsp3) is 0.125. The Hall–Kier alpha value is -2.80. The van der Waals surface area contributed by atoms with Crippen molar-refractivity contribution in [2.75, 3.05) is 11.9 Å². The molecule has 7 heteroatoms. The van der Waals surface area contributed by atoms with Crippen molar-refractivity contribution in [3.05, 3.63) is 52.7 Å². The third-order valence-electron chi connectivity index (χ3n) is 3.69. The van der Waals surface area contributed by atoms with Gasteiger partial charge in [0, 0.05) is 24.0 Å². The Kier molecular flexibility index (Phi) is 3.27. The lowest BCUT2D eigenvalue weighted by Crippen LogP contribution is -2.32. The molecule has 4 rings (SSSR count). The first-order valence-electron chi connectivity index (χ1n) is 7.15. The van der Waals surface area contributed by atoms with Crippen LogP contribution in [0.4, 0.5) is 5.69 Å². The van der Waals surface area contributed by atoms with Crippen LogP contribution in [0.1, 0.15) is 25.7 Å². The van der Waals surface area contributed by atoms with Gasteiger partial charge in [-0.1, -0.05) is 17.4 Å². The van der Waals surface area contributed by atoms with Crippen LogP contribution in [-0.4, -0.2) is 28.3 Å². The zero-order valence-electron chi connectivity index (χ0n) is 12.0. The first kappa shape index (κ1) is 13.8. The summed E-state index contributed by atoms with van der Waals surface area (Å²) in [5.74, 6) is -0.390. The fourth-order valence-corrected chi connectivity index (χ4v) is 3.43. The molecule has 2 N–H and O–H groups in total. The van der Waals surface area contributed by atoms with E-state index < -0.39 is 0 Å². The second kappa shape index (κ2) is 5.44. The van der Waals surface area contributed by atoms with Gasteiger partial charge in [0.25, 0.3) is 11.8 Å². The molecule has 23 heavy (non-hydrogen) atoms. The van der Waals surface area contributed by atoms with E-state index >= 15 is 0 Å². The number of hydrogen-bond donors (Lipinski definition) is 2. The minimum atomic E-state index is -0.285. The number of benzene rings is 1. The van der Waals surface area contributed by atoms with Crippen molar-refractivity contribution >= 4 is 39.2 Å². The Labute approximate surface area is 135 Å². The van der Waals surface area contributed by atoms with Crippen molar-refractivity contribution in [1.82, 2.24) is 15.3 Å². The summed E-state index contributed by atoms with van der Waals surface area (Å²) >= 11 is 1.25. The summed E-state index contributed by atoms with van der Waals surface area (Å²) < 4.78 is 0. The van der Waals surface area contributed by atoms with E-state index in [9.17, 15) is 9.59 Å². The lowest BCUT2D eigenvalue weighted by molar-refractivity contribution is 0.0944. The Morgan fingerprint density at radius 1 is 1.26 bits per heavy atom. The summed E-state index contributed by atoms with van der Waals surface area (Å²) in [6, 6.07) is 8.95. The van der Waals surface area contributed by atoms with E-state index in [4.69, 9.17) is 0 Å². The lowest BCUT2D eigenvalue weighted by Gasteiger charge is -2.19. The van der Waals surface area contributed by atoms with Gasteiger partial charge in [0.2, 0.25) is 0 Å². The van der Waals surface area contributed by atoms with Crippen LogP contribution in [-0.2, 0) is 6.42 Å². The number of amides is 2. The minimum Gasteiger partial charge on any atom is -0.352 e. The molecule has 2 aromatic heterocycles. The summed E-state index contributed by atoms with van der Waals surface area (Å²) in [7, 11) is 0. The van der Waals surface area contributed by atoms with Crippen molar-refractivity contribution in [2.24, 2.45) is 0 Å². The van der Waals surface area contributed by atoms with Crippen LogP contribution >= 0.6 is 11.3 Å². The molecule has 0 atom stereocenters. The zero-order chi connectivity index (χ0) is 15.8. The molecule has 0 radical (unpaired) electrons. The van der Waals surface area contributed by atoms with Crippen molar-refractivity contribution in [3.63, 3.8) is 0 Å². The Balaban J connectivity index is 1.66. The van der Waals surface area contributed by atoms with Crippen molar-refractivity contribution in [1.29, 1.82) is 0 Å². The van der Waals surface area contributed by atoms with Gasteiger partial charge in [-0.15, -0.1) is 0 Å². The average Bonchev–Trinajstić information content (AvgIpc) is 3.00. The quantitative estimate of drug-likeness (QED) is 0.757. The van der Waals surface area contributed by atoms with Crippen LogP contribution in [0.25, 0.3) is 10.3 Å². The monoisotopic (exact) mass is 324 g/mol. The van der Waals surface area contributed by atoms with Crippen molar-refractivity contribution < 1.29 is 9.59 Å². The molecular formula is C16H12N4O2S. The van der Waals surface area contributed by atoms with Gasteiger partial charge in [-0.3, -0.25) is 9.59 Å². The van der Waals surface area contributed by atoms with Crippen LogP contribution in [0.5, 0.6) is 0 Å². The van der Waals surface area contributed by atoms with E-state index in [-0.39, 0.29) is 11.8 Å². The highest BCUT2D eigenvalue weighted by Gasteiger charge is 2.21. The average molecular weight is 324 g/mol. The maximum atomic E-state index is 12.5. The molecule has 2 amide bonds. The van der Waals surface area contributed by atoms with Crippen LogP contribution < -0.4 is 10.6 Å². The van der Waals surface area contributed by atoms with Crippen molar-refractivity contribution in [2.45, 2.75) is 6.42 Å². The van der Waals surface area contributed by atoms with E-state index in [1.165, 1.54) is 11.3 Å². The Bertz CT molecular complexity index is 902. The number of fused-ring (bicyclic) bond motifs is 2. The second-order valence-electron chi connectivity index (χ2n) is 5.14. The highest BCUT2D eigenvalue weighted by atomic mass is 32.1. The molecule has 3 heterocycles. The number of nitrogens with one attached hydrogen (secondary N) is 2. The molecule has 0 bridgehead atoms. The molecule has 0 spiro atoms. The standard InChI is InChI=1S/C16H12N4O2S/c21-13-10-3-1-4-11(9(10)6-8-17-13)19-14(22)16-20-12-5-2-7-18-15(12)23-16/h1-5,7H,6,8H2,(H,17,21)(H,19,22). The number of carbonyl (C=O) groups is 2. The molecule has 6 nitrogen and oxygen atoms in total. The molecule has 1 aliphatic rings. The molecule has 0 saturated heterocycles. The molecule has 1 aromatic carbocycles. The number of thiazole rings is 1. The highest BCUT2D eigenvalue weighted by molar-refractivity contribution is 7.20. The summed E-state index contributed by atoms with van der Waals surface area (Å²) in [5.41, 5.74) is 2.84. The molecule has 114 valence electrons. The molecule has 1 aliphatic heterocycles. The van der Waals surface area contributed by atoms with Gasteiger partial charge in [-0.05, 0) is 36.2 Å². The van der Waals surface area contributed by atoms with E-state index in [0.29, 0.717) is 34.7 Å². The number of rotatable bonds is 2. The van der Waals surface area contributed by atoms with Gasteiger partial charge < -0.3 is 10.6 Å². The van der Waals surface area contributed by atoms with E-state index in [1.54, 1.807) is 30.5 Å². The van der Waals surface area contributed by atoms with Crippen LogP contribution in [0, 0.1) is 0 Å². The van der Waals surface area contributed by atoms with Gasteiger partial charge in [0.05, 0.1) is 0 Å². The topological polar surface area (TPSA) is 84.0 Å². The predicted molar refractivity (Wildman–Crippen MR) is 87.8 cm³/mol. The SMILES string of the molecule is O=C(Nc1cccc2c1CCNC2=O)c1nc2cccnc2s1. The van der Waals surface area contributed by atoms with Crippen molar-refractivity contribution in [3.8, 4) is 0 Å². The normalized spacial score (nSPS) is 13.5. The van der Waals surface area contributed by atoms with Gasteiger partial charge in [-0.25, -0.2) is 9.97 Å². The highest BCUT2D eigenvalue weighted by Crippen LogP contribution is 2.25. The lowest BCUT2D eigenvalue weighted by atomic mass is 9.98. The summed E-state index contributed by atoms with van der Waals surface area (Å²) in [4.78, 5) is 33.6. The maximum absolute atomic E-state index is 12.5. The predicted octanol–water partition coefficient (Wildman–Crippen LogP) is 2.23. The second-order valence-corrected chi connectivity index (χ2v) is 6.12. The first-order valence-corrected chi connectivity index (χ1v) is 7.97. The smallest absolute Gasteiger partial charge is 0.284 e. The van der Waals surface area contributed by atoms with Gasteiger partial charge in [0.1, 0.15) is 10.3 Å². The number of nitrogens with zero attached hydrogens (tertiary/aromatic N) is 2. The molecule has 3 aromatic rings. The number of carbonyl (C=O) groups excluding carboxylic acids is 2. The number of hydrogen-bond acceptors (Lipinski definition) is 5. The van der Waals surface area contributed by atoms with Crippen LogP contribution in [0.2, 0.25) is 0 Å². The number of anilines is 1. The Morgan fingerprint density at radius 3 is 3.04 bits per heavy atom. The minimum absolute atomic E-state index is 0.105. The van der Waals surface area contributed by atoms with E-state index in [1.807, 2.05) is 6.07 Å². The summed E-state index contributed by atoms with van der Waals surface area (Å²) in [6.45, 7) is 0.573. The first-order chi connectivity index (χ1) is 11.2. The van der Waals surface area contributed by atoms with Gasteiger partial charge in [-0.2, -0.15) is 0 Å².